The van der Waals surface area contributed by atoms with E-state index in [1.807, 2.05) is 0 Å². The van der Waals surface area contributed by atoms with Crippen molar-refractivity contribution in [1.29, 1.82) is 0 Å². The normalized spacial score (nSPS) is 10.6. The number of hydrogen-bond donors (Lipinski definition) is 1. The van der Waals surface area contributed by atoms with Crippen LogP contribution in [0.15, 0.2) is 24.3 Å². The minimum absolute atomic E-state index is 0.787. The maximum Gasteiger partial charge on any atom is 0.0587 e. The largest absolute Gasteiger partial charge is 0.383 e. The van der Waals surface area contributed by atoms with Crippen LogP contribution in [0.5, 0.6) is 0 Å². The molecule has 0 aliphatic carbocycles. The summed E-state index contributed by atoms with van der Waals surface area (Å²) in [5.41, 5.74) is 2.71. The number of nitrogens with zero attached hydrogens (tertiary/aromatic N) is 1. The van der Waals surface area contributed by atoms with E-state index >= 15 is 0 Å². The van der Waals surface area contributed by atoms with Crippen molar-refractivity contribution >= 4 is 5.69 Å². The molecule has 0 heterocycles. The number of methoxy groups -OCH3 is 1. The van der Waals surface area contributed by atoms with Crippen molar-refractivity contribution in [3.63, 3.8) is 0 Å². The zero-order chi connectivity index (χ0) is 13.2. The summed E-state index contributed by atoms with van der Waals surface area (Å²) in [5, 5.41) is 3.38. The lowest BCUT2D eigenvalue weighted by Crippen LogP contribution is -2.28. The number of aryl methyl sites for hydroxylation is 1. The first-order chi connectivity index (χ1) is 8.79. The molecule has 0 atom stereocenters. The van der Waals surface area contributed by atoms with Gasteiger partial charge in [0.15, 0.2) is 0 Å². The van der Waals surface area contributed by atoms with E-state index < -0.39 is 0 Å². The van der Waals surface area contributed by atoms with E-state index in [9.17, 15) is 0 Å². The van der Waals surface area contributed by atoms with Crippen LogP contribution in [-0.4, -0.2) is 39.9 Å². The van der Waals surface area contributed by atoms with Gasteiger partial charge in [0.05, 0.1) is 6.61 Å². The Morgan fingerprint density at radius 1 is 1.22 bits per heavy atom. The number of ether oxygens (including phenoxy) is 1. The summed E-state index contributed by atoms with van der Waals surface area (Å²) in [6, 6.07) is 8.59. The van der Waals surface area contributed by atoms with E-state index in [2.05, 4.69) is 48.3 Å². The number of rotatable bonds is 9. The van der Waals surface area contributed by atoms with Crippen LogP contribution < -0.4 is 10.2 Å². The number of nitrogens with one attached hydrogen (secondary N) is 1. The fraction of sp³-hybridized carbons (Fsp3) is 0.600. The highest BCUT2D eigenvalue weighted by atomic mass is 16.5. The lowest BCUT2D eigenvalue weighted by atomic mass is 10.1. The van der Waals surface area contributed by atoms with Gasteiger partial charge in [0, 0.05) is 32.4 Å². The maximum absolute atomic E-state index is 5.00. The Morgan fingerprint density at radius 2 is 2.00 bits per heavy atom. The van der Waals surface area contributed by atoms with Crippen LogP contribution in [-0.2, 0) is 4.74 Å². The highest BCUT2D eigenvalue weighted by molar-refractivity contribution is 5.52. The van der Waals surface area contributed by atoms with E-state index in [1.165, 1.54) is 11.3 Å². The first kappa shape index (κ1) is 15.0. The Hall–Kier alpha value is -1.06. The number of benzene rings is 1. The Balaban J connectivity index is 2.32. The predicted molar refractivity (Wildman–Crippen MR) is 78.4 cm³/mol. The van der Waals surface area contributed by atoms with Crippen LogP contribution in [0.2, 0.25) is 0 Å². The molecule has 0 radical (unpaired) electrons. The van der Waals surface area contributed by atoms with Gasteiger partial charge >= 0.3 is 0 Å². The van der Waals surface area contributed by atoms with Gasteiger partial charge in [0.2, 0.25) is 0 Å². The summed E-state index contributed by atoms with van der Waals surface area (Å²) in [7, 11) is 1.73. The maximum atomic E-state index is 5.00. The van der Waals surface area contributed by atoms with Crippen molar-refractivity contribution in [2.45, 2.75) is 20.3 Å². The molecule has 1 aromatic rings. The van der Waals surface area contributed by atoms with Gasteiger partial charge in [-0.15, -0.1) is 0 Å². The summed E-state index contributed by atoms with van der Waals surface area (Å²) in [5.74, 6) is 0. The van der Waals surface area contributed by atoms with Crippen molar-refractivity contribution in [1.82, 2.24) is 5.32 Å². The molecule has 3 nitrogen and oxygen atoms in total. The van der Waals surface area contributed by atoms with Crippen molar-refractivity contribution in [2.24, 2.45) is 0 Å². The van der Waals surface area contributed by atoms with Crippen LogP contribution in [0.25, 0.3) is 0 Å². The molecule has 0 spiro atoms. The van der Waals surface area contributed by atoms with Crippen LogP contribution in [0, 0.1) is 6.92 Å². The second-order valence-corrected chi connectivity index (χ2v) is 4.46. The zero-order valence-electron chi connectivity index (χ0n) is 11.9. The Labute approximate surface area is 111 Å². The molecule has 1 aromatic carbocycles. The fourth-order valence-corrected chi connectivity index (χ4v) is 2.06. The smallest absolute Gasteiger partial charge is 0.0587 e. The van der Waals surface area contributed by atoms with Crippen LogP contribution >= 0.6 is 0 Å². The molecule has 0 aliphatic rings. The van der Waals surface area contributed by atoms with Gasteiger partial charge in [-0.2, -0.15) is 0 Å². The van der Waals surface area contributed by atoms with Gasteiger partial charge in [0.1, 0.15) is 0 Å². The minimum atomic E-state index is 0.787. The molecule has 0 bridgehead atoms. The number of anilines is 1. The molecule has 0 saturated heterocycles. The molecule has 0 amide bonds. The molecule has 0 aliphatic heterocycles. The molecule has 3 heteroatoms. The second-order valence-electron chi connectivity index (χ2n) is 4.46. The number of para-hydroxylation sites is 1. The van der Waals surface area contributed by atoms with E-state index in [1.54, 1.807) is 7.11 Å². The molecular formula is C15H26N2O. The lowest BCUT2D eigenvalue weighted by Gasteiger charge is -2.25. The third-order valence-corrected chi connectivity index (χ3v) is 3.10. The van der Waals surface area contributed by atoms with E-state index in [4.69, 9.17) is 4.74 Å². The highest BCUT2D eigenvalue weighted by Crippen LogP contribution is 2.18. The van der Waals surface area contributed by atoms with Crippen LogP contribution in [0.3, 0.4) is 0 Å². The molecule has 0 saturated carbocycles. The zero-order valence-corrected chi connectivity index (χ0v) is 11.9. The summed E-state index contributed by atoms with van der Waals surface area (Å²) >= 11 is 0. The van der Waals surface area contributed by atoms with Crippen molar-refractivity contribution in [3.8, 4) is 0 Å². The highest BCUT2D eigenvalue weighted by Gasteiger charge is 2.05. The first-order valence-corrected chi connectivity index (χ1v) is 6.79. The molecule has 102 valence electrons. The monoisotopic (exact) mass is 250 g/mol. The summed E-state index contributed by atoms with van der Waals surface area (Å²) in [6.07, 6.45) is 1.16. The summed E-state index contributed by atoms with van der Waals surface area (Å²) < 4.78 is 5.00. The second kappa shape index (κ2) is 8.95. The minimum Gasteiger partial charge on any atom is -0.383 e. The Kier molecular flexibility index (Phi) is 7.46. The van der Waals surface area contributed by atoms with Gasteiger partial charge in [0.25, 0.3) is 0 Å². The third-order valence-electron chi connectivity index (χ3n) is 3.10. The van der Waals surface area contributed by atoms with Crippen molar-refractivity contribution in [2.75, 3.05) is 44.8 Å². The molecule has 18 heavy (non-hydrogen) atoms. The van der Waals surface area contributed by atoms with Gasteiger partial charge < -0.3 is 15.0 Å². The predicted octanol–water partition coefficient (Wildman–Crippen LogP) is 2.45. The summed E-state index contributed by atoms with van der Waals surface area (Å²) in [4.78, 5) is 2.44. The molecule has 0 unspecified atom stereocenters. The van der Waals surface area contributed by atoms with E-state index in [-0.39, 0.29) is 0 Å². The van der Waals surface area contributed by atoms with Crippen molar-refractivity contribution < 1.29 is 4.74 Å². The molecule has 1 rings (SSSR count). The standard InChI is InChI=1S/C15H26N2O/c1-4-17(12-7-10-16-11-13-18-3)15-9-6-5-8-14(15)2/h5-6,8-9,16H,4,7,10-13H2,1-3H3. The average Bonchev–Trinajstić information content (AvgIpc) is 2.39. The Morgan fingerprint density at radius 3 is 2.67 bits per heavy atom. The van der Waals surface area contributed by atoms with E-state index in [0.717, 1.165) is 39.2 Å². The lowest BCUT2D eigenvalue weighted by molar-refractivity contribution is 0.199. The van der Waals surface area contributed by atoms with Gasteiger partial charge in [-0.1, -0.05) is 18.2 Å². The molecular weight excluding hydrogens is 224 g/mol. The van der Waals surface area contributed by atoms with Gasteiger partial charge in [-0.3, -0.25) is 0 Å². The molecule has 0 fully saturated rings. The first-order valence-electron chi connectivity index (χ1n) is 6.79. The van der Waals surface area contributed by atoms with Crippen LogP contribution in [0.4, 0.5) is 5.69 Å². The SMILES string of the molecule is CCN(CCCNCCOC)c1ccccc1C. The van der Waals surface area contributed by atoms with Gasteiger partial charge in [-0.05, 0) is 38.4 Å². The quantitative estimate of drug-likeness (QED) is 0.681. The fourth-order valence-electron chi connectivity index (χ4n) is 2.06. The third kappa shape index (κ3) is 5.07. The van der Waals surface area contributed by atoms with Gasteiger partial charge in [-0.25, -0.2) is 0 Å². The van der Waals surface area contributed by atoms with Crippen molar-refractivity contribution in [3.05, 3.63) is 29.8 Å². The Bertz CT molecular complexity index is 328. The molecule has 0 aromatic heterocycles. The van der Waals surface area contributed by atoms with E-state index in [0.29, 0.717) is 0 Å². The topological polar surface area (TPSA) is 24.5 Å². The number of hydrogen-bond acceptors (Lipinski definition) is 3. The molecule has 1 N–H and O–H groups in total. The average molecular weight is 250 g/mol. The summed E-state index contributed by atoms with van der Waals surface area (Å²) in [6.45, 7) is 9.32. The van der Waals surface area contributed by atoms with Crippen LogP contribution in [0.1, 0.15) is 18.9 Å².